The lowest BCUT2D eigenvalue weighted by Gasteiger charge is -2.18. The second-order valence-electron chi connectivity index (χ2n) is 4.67. The lowest BCUT2D eigenvalue weighted by Crippen LogP contribution is -2.15. The van der Waals surface area contributed by atoms with Crippen molar-refractivity contribution < 1.29 is 13.9 Å². The van der Waals surface area contributed by atoms with Crippen molar-refractivity contribution >= 4 is 22.9 Å². The lowest BCUT2D eigenvalue weighted by molar-refractivity contribution is 0.171. The molecule has 106 valence electrons. The largest absolute Gasteiger partial charge is 0.486 e. The smallest absolute Gasteiger partial charge is 0.205 e. The predicted molar refractivity (Wildman–Crippen MR) is 81.0 cm³/mol. The Balaban J connectivity index is 1.51. The van der Waals surface area contributed by atoms with E-state index in [2.05, 4.69) is 4.98 Å². The number of hydrogen-bond donors (Lipinski definition) is 0. The summed E-state index contributed by atoms with van der Waals surface area (Å²) < 4.78 is 16.8. The van der Waals surface area contributed by atoms with Crippen molar-refractivity contribution in [1.82, 2.24) is 4.98 Å². The van der Waals surface area contributed by atoms with Crippen molar-refractivity contribution in [1.29, 1.82) is 0 Å². The Morgan fingerprint density at radius 1 is 1.00 bits per heavy atom. The molecule has 4 rings (SSSR count). The highest BCUT2D eigenvalue weighted by Crippen LogP contribution is 2.35. The summed E-state index contributed by atoms with van der Waals surface area (Å²) >= 11 is 1.67. The Kier molecular flexibility index (Phi) is 3.20. The van der Waals surface area contributed by atoms with E-state index in [-0.39, 0.29) is 0 Å². The second kappa shape index (κ2) is 5.33. The van der Waals surface area contributed by atoms with Gasteiger partial charge in [0, 0.05) is 4.90 Å². The lowest BCUT2D eigenvalue weighted by atomic mass is 10.3. The van der Waals surface area contributed by atoms with Crippen LogP contribution in [0.5, 0.6) is 11.5 Å². The van der Waals surface area contributed by atoms with E-state index < -0.39 is 0 Å². The quantitative estimate of drug-likeness (QED) is 0.686. The van der Waals surface area contributed by atoms with Crippen LogP contribution in [0.1, 0.15) is 5.89 Å². The van der Waals surface area contributed by atoms with Crippen molar-refractivity contribution in [2.75, 3.05) is 13.2 Å². The Morgan fingerprint density at radius 2 is 1.86 bits per heavy atom. The van der Waals surface area contributed by atoms with E-state index >= 15 is 0 Å². The summed E-state index contributed by atoms with van der Waals surface area (Å²) in [7, 11) is 0. The van der Waals surface area contributed by atoms with Crippen LogP contribution in [0.3, 0.4) is 0 Å². The molecule has 0 N–H and O–H groups in total. The van der Waals surface area contributed by atoms with E-state index in [0.29, 0.717) is 19.0 Å². The molecule has 0 spiro atoms. The first-order chi connectivity index (χ1) is 10.4. The third-order valence-electron chi connectivity index (χ3n) is 3.21. The average Bonchev–Trinajstić information content (AvgIpc) is 2.95. The van der Waals surface area contributed by atoms with E-state index in [4.69, 9.17) is 13.9 Å². The fraction of sp³-hybridized carbons (Fsp3) is 0.188. The van der Waals surface area contributed by atoms with Gasteiger partial charge in [0.2, 0.25) is 5.89 Å². The fourth-order valence-electron chi connectivity index (χ4n) is 2.24. The molecule has 4 nitrogen and oxygen atoms in total. The molecule has 21 heavy (non-hydrogen) atoms. The molecular weight excluding hydrogens is 286 g/mol. The van der Waals surface area contributed by atoms with Gasteiger partial charge in [0.25, 0.3) is 0 Å². The summed E-state index contributed by atoms with van der Waals surface area (Å²) in [6.45, 7) is 1.22. The maximum atomic E-state index is 5.71. The highest BCUT2D eigenvalue weighted by Gasteiger charge is 2.12. The van der Waals surface area contributed by atoms with Gasteiger partial charge >= 0.3 is 0 Å². The van der Waals surface area contributed by atoms with Crippen molar-refractivity contribution in [3.63, 3.8) is 0 Å². The van der Waals surface area contributed by atoms with Gasteiger partial charge in [-0.25, -0.2) is 4.98 Å². The summed E-state index contributed by atoms with van der Waals surface area (Å²) in [5.41, 5.74) is 1.73. The van der Waals surface area contributed by atoms with Crippen molar-refractivity contribution in [2.45, 2.75) is 10.6 Å². The number of fused-ring (bicyclic) bond motifs is 2. The first-order valence-electron chi connectivity index (χ1n) is 6.75. The van der Waals surface area contributed by atoms with Crippen molar-refractivity contribution in [3.05, 3.63) is 48.4 Å². The fourth-order valence-corrected chi connectivity index (χ4v) is 3.01. The maximum Gasteiger partial charge on any atom is 0.205 e. The molecule has 1 aliphatic heterocycles. The van der Waals surface area contributed by atoms with E-state index in [0.717, 1.165) is 33.4 Å². The number of oxazole rings is 1. The van der Waals surface area contributed by atoms with Crippen LogP contribution in [0.2, 0.25) is 0 Å². The number of rotatable bonds is 3. The van der Waals surface area contributed by atoms with Crippen LogP contribution in [0.4, 0.5) is 0 Å². The van der Waals surface area contributed by atoms with Crippen LogP contribution in [0, 0.1) is 0 Å². The zero-order chi connectivity index (χ0) is 14.1. The molecule has 3 aromatic rings. The number of nitrogens with zero attached hydrogens (tertiary/aromatic N) is 1. The first-order valence-corrected chi connectivity index (χ1v) is 7.74. The van der Waals surface area contributed by atoms with Crippen LogP contribution in [0.15, 0.2) is 51.8 Å². The molecule has 5 heteroatoms. The minimum absolute atomic E-state index is 0.603. The Hall–Kier alpha value is -2.14. The number of benzene rings is 2. The Labute approximate surface area is 126 Å². The monoisotopic (exact) mass is 299 g/mol. The van der Waals surface area contributed by atoms with Gasteiger partial charge in [0.05, 0.1) is 5.75 Å². The first kappa shape index (κ1) is 12.6. The molecule has 0 radical (unpaired) electrons. The van der Waals surface area contributed by atoms with Gasteiger partial charge in [0.1, 0.15) is 18.7 Å². The van der Waals surface area contributed by atoms with E-state index in [1.165, 1.54) is 0 Å². The van der Waals surface area contributed by atoms with E-state index in [1.807, 2.05) is 42.5 Å². The van der Waals surface area contributed by atoms with Gasteiger partial charge in [-0.2, -0.15) is 0 Å². The molecule has 2 aromatic carbocycles. The topological polar surface area (TPSA) is 44.5 Å². The molecular formula is C16H13NO3S. The van der Waals surface area contributed by atoms with Gasteiger partial charge in [-0.15, -0.1) is 11.8 Å². The molecule has 0 saturated heterocycles. The molecule has 0 saturated carbocycles. The van der Waals surface area contributed by atoms with Crippen molar-refractivity contribution in [2.24, 2.45) is 0 Å². The molecule has 0 fully saturated rings. The van der Waals surface area contributed by atoms with Gasteiger partial charge in [-0.05, 0) is 30.3 Å². The SMILES string of the molecule is c1ccc2oc(CSc3ccc4c(c3)OCCO4)nc2c1. The summed E-state index contributed by atoms with van der Waals surface area (Å²) in [6, 6.07) is 13.8. The average molecular weight is 299 g/mol. The molecule has 0 amide bonds. The van der Waals surface area contributed by atoms with E-state index in [1.54, 1.807) is 11.8 Å². The van der Waals surface area contributed by atoms with Gasteiger partial charge in [-0.3, -0.25) is 0 Å². The minimum Gasteiger partial charge on any atom is -0.486 e. The number of ether oxygens (including phenoxy) is 2. The number of thioether (sulfide) groups is 1. The zero-order valence-corrected chi connectivity index (χ0v) is 12.1. The van der Waals surface area contributed by atoms with Crippen LogP contribution < -0.4 is 9.47 Å². The molecule has 0 unspecified atom stereocenters. The Morgan fingerprint density at radius 3 is 2.76 bits per heavy atom. The van der Waals surface area contributed by atoms with Crippen LogP contribution in [-0.2, 0) is 5.75 Å². The van der Waals surface area contributed by atoms with Crippen LogP contribution in [0.25, 0.3) is 11.1 Å². The van der Waals surface area contributed by atoms with E-state index in [9.17, 15) is 0 Å². The molecule has 1 aromatic heterocycles. The standard InChI is InChI=1S/C16H13NO3S/c1-2-4-13-12(3-1)17-16(20-13)10-21-11-5-6-14-15(9-11)19-8-7-18-14/h1-6,9H,7-8,10H2. The van der Waals surface area contributed by atoms with Crippen molar-refractivity contribution in [3.8, 4) is 11.5 Å². The molecule has 0 aliphatic carbocycles. The summed E-state index contributed by atoms with van der Waals surface area (Å²) in [5, 5.41) is 0. The molecule has 0 atom stereocenters. The van der Waals surface area contributed by atoms with Crippen LogP contribution >= 0.6 is 11.8 Å². The third-order valence-corrected chi connectivity index (χ3v) is 4.19. The maximum absolute atomic E-state index is 5.71. The van der Waals surface area contributed by atoms with Crippen LogP contribution in [-0.4, -0.2) is 18.2 Å². The summed E-state index contributed by atoms with van der Waals surface area (Å²) in [4.78, 5) is 5.58. The zero-order valence-electron chi connectivity index (χ0n) is 11.2. The van der Waals surface area contributed by atoms with Gasteiger partial charge in [-0.1, -0.05) is 12.1 Å². The summed E-state index contributed by atoms with van der Waals surface area (Å²) in [6.07, 6.45) is 0. The number of hydrogen-bond acceptors (Lipinski definition) is 5. The second-order valence-corrected chi connectivity index (χ2v) is 5.72. The van der Waals surface area contributed by atoms with Gasteiger partial charge < -0.3 is 13.9 Å². The third kappa shape index (κ3) is 2.56. The molecule has 0 bridgehead atoms. The normalized spacial score (nSPS) is 13.5. The molecule has 2 heterocycles. The number of aromatic nitrogens is 1. The highest BCUT2D eigenvalue weighted by atomic mass is 32.2. The number of para-hydroxylation sites is 2. The predicted octanol–water partition coefficient (Wildman–Crippen LogP) is 3.89. The highest BCUT2D eigenvalue weighted by molar-refractivity contribution is 7.98. The Bertz CT molecular complexity index is 751. The minimum atomic E-state index is 0.603. The molecule has 1 aliphatic rings. The van der Waals surface area contributed by atoms with Gasteiger partial charge in [0.15, 0.2) is 17.1 Å². The summed E-state index contributed by atoms with van der Waals surface area (Å²) in [5.74, 6) is 3.04.